The molecule has 4 atom stereocenters. The van der Waals surface area contributed by atoms with E-state index in [-0.39, 0.29) is 81.6 Å². The monoisotopic (exact) mass is 1610 g/mol. The number of aromatic nitrogens is 7. The molecule has 5 aromatic carbocycles. The maximum Gasteiger partial charge on any atom is 3.00 e. The molecule has 0 bridgehead atoms. The molecule has 95 heavy (non-hydrogen) atoms. The molecule has 11 aromatic rings. The Bertz CT molecular complexity index is 4080. The molecule has 0 radical (unpaired) electrons. The van der Waals surface area contributed by atoms with Gasteiger partial charge >= 0.3 is 40.2 Å². The van der Waals surface area contributed by atoms with E-state index in [0.29, 0.717) is 43.0 Å². The Morgan fingerprint density at radius 1 is 0.379 bits per heavy atom. The number of benzene rings is 5. The minimum absolute atomic E-state index is 0. The fraction of sp³-hybridized carbons (Fsp3) is 0.205. The van der Waals surface area contributed by atoms with Crippen LogP contribution in [-0.4, -0.2) is 86.3 Å². The van der Waals surface area contributed by atoms with Crippen LogP contribution in [0.5, 0.6) is 0 Å². The van der Waals surface area contributed by atoms with Gasteiger partial charge in [-0.1, -0.05) is 55.0 Å². The third-order valence-corrected chi connectivity index (χ3v) is 17.6. The zero-order valence-corrected chi connectivity index (χ0v) is 57.6. The second-order valence-corrected chi connectivity index (χ2v) is 23.4. The molecule has 2 aliphatic carbocycles. The van der Waals surface area contributed by atoms with Crippen molar-refractivity contribution in [2.45, 2.75) is 50.9 Å². The number of hydrogen-bond acceptors (Lipinski definition) is 10. The van der Waals surface area contributed by atoms with Crippen molar-refractivity contribution in [1.29, 1.82) is 0 Å². The number of nitrogens with zero attached hydrogens (tertiary/aromatic N) is 11. The average Bonchev–Trinajstić information content (AvgIpc) is 0.866. The summed E-state index contributed by atoms with van der Waals surface area (Å²) < 4.78 is 1.61. The molecule has 4 amide bonds. The summed E-state index contributed by atoms with van der Waals surface area (Å²) in [4.78, 5) is 89.8. The van der Waals surface area contributed by atoms with E-state index in [9.17, 15) is 19.2 Å². The average molecular weight is 1610 g/mol. The first-order valence-electron chi connectivity index (χ1n) is 31.2. The van der Waals surface area contributed by atoms with Crippen LogP contribution in [0.25, 0.3) is 62.1 Å². The van der Waals surface area contributed by atoms with Crippen LogP contribution in [0.1, 0.15) is 56.4 Å². The molecular formula is C78H67Ir2N11O4. The Kier molecular flexibility index (Phi) is 22.9. The predicted molar refractivity (Wildman–Crippen MR) is 361 cm³/mol. The van der Waals surface area contributed by atoms with Gasteiger partial charge in [-0.3, -0.25) is 31.4 Å². The summed E-state index contributed by atoms with van der Waals surface area (Å²) in [5, 5.41) is 0. The molecule has 6 heterocycles. The summed E-state index contributed by atoms with van der Waals surface area (Å²) in [6, 6.07) is 70.3. The normalized spacial score (nSPS) is 16.4. The van der Waals surface area contributed by atoms with E-state index in [1.165, 1.54) is 0 Å². The minimum atomic E-state index is -0.422. The molecule has 13 rings (SSSR count). The van der Waals surface area contributed by atoms with Crippen molar-refractivity contribution in [3.63, 3.8) is 0 Å². The van der Waals surface area contributed by atoms with E-state index < -0.39 is 11.8 Å². The zero-order chi connectivity index (χ0) is 64.2. The molecule has 4 unspecified atom stereocenters. The van der Waals surface area contributed by atoms with Crippen LogP contribution in [0, 0.1) is 60.3 Å². The summed E-state index contributed by atoms with van der Waals surface area (Å²) in [5.74, 6) is -0.931. The van der Waals surface area contributed by atoms with Gasteiger partial charge < -0.3 is 54.1 Å². The van der Waals surface area contributed by atoms with Gasteiger partial charge in [-0.05, 0) is 103 Å². The standard InChI is InChI=1S/C46H37N7O2.C32H30N4O2.2Ir/c1-51(38-19-21-42(47-30-38)32-13-5-3-6-14-32)44(54)35-25-34(40-17-9-10-18-41(40)37-28-49-46(50-29-37)53-23-11-12-24-53)26-36(27-35)45(55)52(2)39-20-22-43(48-31-39)33-15-7-4-8-16-33;1-35(27-16-18-29(33-21-27)23-10-5-3-6-11-23)31(37)25-14-9-15-26(20-25)32(38)36(2)28-17-19-30(34-22-28)24-12-7-4-8-13-24;;/h3-13,15,17-22,28-31,34-36H,25-27H2,1-2H3;3-8,10,12,16-19,21-22,25-26H,9,14-15,20H2,1-2H3;;/q-4;-2;2*+3. The molecule has 15 nitrogen and oxygen atoms in total. The largest absolute Gasteiger partial charge is 3.00 e. The van der Waals surface area contributed by atoms with Gasteiger partial charge in [0.1, 0.15) is 0 Å². The maximum atomic E-state index is 14.4. The third kappa shape index (κ3) is 16.1. The molecule has 476 valence electrons. The van der Waals surface area contributed by atoms with E-state index in [4.69, 9.17) is 0 Å². The molecule has 2 fully saturated rings. The predicted octanol–water partition coefficient (Wildman–Crippen LogP) is 13.9. The second kappa shape index (κ2) is 31.9. The smallest absolute Gasteiger partial charge is 0.562 e. The second-order valence-electron chi connectivity index (χ2n) is 23.4. The molecule has 2 saturated carbocycles. The summed E-state index contributed by atoms with van der Waals surface area (Å²) in [6.45, 7) is 0. The van der Waals surface area contributed by atoms with Gasteiger partial charge in [0.05, 0.1) is 28.7 Å². The molecule has 2 aliphatic rings. The van der Waals surface area contributed by atoms with Crippen LogP contribution in [0.2, 0.25) is 0 Å². The summed E-state index contributed by atoms with van der Waals surface area (Å²) >= 11 is 0. The van der Waals surface area contributed by atoms with E-state index in [2.05, 4.69) is 78.7 Å². The summed E-state index contributed by atoms with van der Waals surface area (Å²) in [6.07, 6.45) is 21.0. The Labute approximate surface area is 582 Å². The molecular weight excluding hydrogens is 1540 g/mol. The summed E-state index contributed by atoms with van der Waals surface area (Å²) in [7, 11) is 7.12. The van der Waals surface area contributed by atoms with Crippen molar-refractivity contribution < 1.29 is 59.4 Å². The van der Waals surface area contributed by atoms with Gasteiger partial charge in [0, 0.05) is 94.6 Å². The number of amides is 4. The molecule has 17 heteroatoms. The number of anilines is 4. The molecule has 0 saturated heterocycles. The van der Waals surface area contributed by atoms with Gasteiger partial charge in [0.15, 0.2) is 0 Å². The van der Waals surface area contributed by atoms with E-state index >= 15 is 0 Å². The molecule has 0 N–H and O–H groups in total. The first-order valence-corrected chi connectivity index (χ1v) is 31.2. The molecule has 6 aromatic heterocycles. The third-order valence-electron chi connectivity index (χ3n) is 17.6. The van der Waals surface area contributed by atoms with Crippen molar-refractivity contribution in [1.82, 2.24) is 34.5 Å². The number of rotatable bonds is 15. The van der Waals surface area contributed by atoms with Gasteiger partial charge in [-0.25, -0.2) is 12.3 Å². The van der Waals surface area contributed by atoms with Crippen molar-refractivity contribution in [3.05, 3.63) is 261 Å². The van der Waals surface area contributed by atoms with Crippen molar-refractivity contribution in [3.8, 4) is 62.1 Å². The SMILES string of the molecule is CN(C(=O)C1CC(C(=O)N(C)c2ccc(-c3[c-]cccc3)nc2)CC(c2ccccc2-c2cnc(-n3[c-]cc[c-]3)nc2)C1)c1ccc(-c2[c-]cccc2)nc1.CN(C(=O)C1CCCC(C(=O)N(C)c2ccc(-c3[c-]cccc3)nc2)C1)c1ccc(-c2[c-]cccc2)nc1.[Ir+3].[Ir+3]. The number of carbonyl (C=O) groups is 4. The van der Waals surface area contributed by atoms with Gasteiger partial charge in [0.25, 0.3) is 0 Å². The van der Waals surface area contributed by atoms with Crippen molar-refractivity contribution in [2.24, 2.45) is 23.7 Å². The number of pyridine rings is 4. The Balaban J connectivity index is 0.000000216. The van der Waals surface area contributed by atoms with E-state index in [1.807, 2.05) is 158 Å². The van der Waals surface area contributed by atoms with Gasteiger partial charge in [-0.15, -0.1) is 144 Å². The maximum absolute atomic E-state index is 14.4. The fourth-order valence-corrected chi connectivity index (χ4v) is 12.5. The first-order chi connectivity index (χ1) is 45.4. The van der Waals surface area contributed by atoms with E-state index in [1.54, 1.807) is 102 Å². The van der Waals surface area contributed by atoms with Crippen LogP contribution in [0.15, 0.2) is 219 Å². The van der Waals surface area contributed by atoms with Crippen molar-refractivity contribution in [2.75, 3.05) is 47.8 Å². The topological polar surface area (TPSA) is 164 Å². The quantitative estimate of drug-likeness (QED) is 0.0903. The fourth-order valence-electron chi connectivity index (χ4n) is 12.5. The Morgan fingerprint density at radius 2 is 0.716 bits per heavy atom. The van der Waals surface area contributed by atoms with Gasteiger partial charge in [-0.2, -0.15) is 0 Å². The van der Waals surface area contributed by atoms with Crippen LogP contribution in [0.3, 0.4) is 0 Å². The van der Waals surface area contributed by atoms with Crippen LogP contribution in [-0.2, 0) is 59.4 Å². The molecule has 0 spiro atoms. The summed E-state index contributed by atoms with van der Waals surface area (Å²) in [5.41, 5.74) is 12.5. The Hall–Kier alpha value is -9.76. The Morgan fingerprint density at radius 3 is 1.05 bits per heavy atom. The van der Waals surface area contributed by atoms with E-state index in [0.717, 1.165) is 92.4 Å². The minimum Gasteiger partial charge on any atom is -0.562 e. The number of carbonyl (C=O) groups excluding carboxylic acids is 4. The zero-order valence-electron chi connectivity index (χ0n) is 52.8. The van der Waals surface area contributed by atoms with Crippen LogP contribution < -0.4 is 19.6 Å². The molecule has 0 aliphatic heterocycles. The van der Waals surface area contributed by atoms with Crippen LogP contribution >= 0.6 is 0 Å². The number of hydrogen-bond donors (Lipinski definition) is 0. The first kappa shape index (κ1) is 68.1. The van der Waals surface area contributed by atoms with Crippen molar-refractivity contribution >= 4 is 46.4 Å². The van der Waals surface area contributed by atoms with Gasteiger partial charge in [0.2, 0.25) is 23.6 Å². The van der Waals surface area contributed by atoms with Crippen LogP contribution in [0.4, 0.5) is 22.7 Å².